The van der Waals surface area contributed by atoms with Gasteiger partial charge in [0.05, 0.1) is 5.92 Å². The van der Waals surface area contributed by atoms with E-state index in [2.05, 4.69) is 5.32 Å². The van der Waals surface area contributed by atoms with Gasteiger partial charge in [0, 0.05) is 22.6 Å². The van der Waals surface area contributed by atoms with Crippen LogP contribution < -0.4 is 5.32 Å². The molecule has 1 atom stereocenters. The summed E-state index contributed by atoms with van der Waals surface area (Å²) >= 11 is 5.92. The predicted molar refractivity (Wildman–Crippen MR) is 132 cm³/mol. The average molecular weight is 494 g/mol. The molecule has 1 unspecified atom stereocenters. The van der Waals surface area contributed by atoms with E-state index in [9.17, 15) is 24.3 Å². The Kier molecular flexibility index (Phi) is 8.75. The van der Waals surface area contributed by atoms with Gasteiger partial charge in [0.2, 0.25) is 0 Å². The molecule has 0 aliphatic rings. The van der Waals surface area contributed by atoms with Crippen LogP contribution in [0, 0.1) is 5.92 Å². The van der Waals surface area contributed by atoms with Crippen LogP contribution in [0.5, 0.6) is 0 Å². The Morgan fingerprint density at radius 2 is 1.31 bits per heavy atom. The van der Waals surface area contributed by atoms with Gasteiger partial charge in [-0.2, -0.15) is 0 Å². The standard InChI is InChI=1S/C27H24ClNO6/c28-23-13-11-19(12-14-23)18-7-9-20(10-8-18)24(30)15-22(27(34)35)6-3-17-1-4-21(5-2-17)26(33)29-16-25(31)32/h1-2,4-5,7-14,22H,3,6,15-16H2,(H,29,33)(H,31,32)(H,34,35). The van der Waals surface area contributed by atoms with E-state index in [1.165, 1.54) is 0 Å². The normalized spacial score (nSPS) is 11.5. The molecule has 0 bridgehead atoms. The molecule has 0 spiro atoms. The number of hydrogen-bond donors (Lipinski definition) is 3. The minimum atomic E-state index is -1.14. The summed E-state index contributed by atoms with van der Waals surface area (Å²) in [6.45, 7) is -0.473. The summed E-state index contributed by atoms with van der Waals surface area (Å²) in [7, 11) is 0. The number of carbonyl (C=O) groups excluding carboxylic acids is 2. The number of nitrogens with one attached hydrogen (secondary N) is 1. The molecule has 0 radical (unpaired) electrons. The Morgan fingerprint density at radius 1 is 0.771 bits per heavy atom. The lowest BCUT2D eigenvalue weighted by molar-refractivity contribution is -0.142. The van der Waals surface area contributed by atoms with Crippen LogP contribution in [0.4, 0.5) is 0 Å². The van der Waals surface area contributed by atoms with Crippen molar-refractivity contribution in [2.45, 2.75) is 19.3 Å². The van der Waals surface area contributed by atoms with Crippen molar-refractivity contribution in [2.75, 3.05) is 6.54 Å². The molecule has 3 N–H and O–H groups in total. The van der Waals surface area contributed by atoms with E-state index in [1.807, 2.05) is 24.3 Å². The maximum atomic E-state index is 12.7. The van der Waals surface area contributed by atoms with Crippen LogP contribution in [-0.2, 0) is 16.0 Å². The number of carboxylic acid groups (broad SMARTS) is 2. The zero-order valence-corrected chi connectivity index (χ0v) is 19.5. The van der Waals surface area contributed by atoms with Crippen LogP contribution in [-0.4, -0.2) is 40.4 Å². The van der Waals surface area contributed by atoms with Gasteiger partial charge < -0.3 is 15.5 Å². The Hall–Kier alpha value is -3.97. The molecular weight excluding hydrogens is 470 g/mol. The van der Waals surface area contributed by atoms with Gasteiger partial charge in [-0.3, -0.25) is 19.2 Å². The molecule has 0 aromatic heterocycles. The number of aryl methyl sites for hydroxylation is 1. The fraction of sp³-hybridized carbons (Fsp3) is 0.185. The fourth-order valence-electron chi connectivity index (χ4n) is 3.57. The quantitative estimate of drug-likeness (QED) is 0.332. The molecule has 0 aliphatic heterocycles. The maximum absolute atomic E-state index is 12.7. The van der Waals surface area contributed by atoms with E-state index in [4.69, 9.17) is 16.7 Å². The van der Waals surface area contributed by atoms with Crippen molar-refractivity contribution >= 4 is 35.2 Å². The largest absolute Gasteiger partial charge is 0.481 e. The molecule has 0 saturated heterocycles. The molecule has 0 aliphatic carbocycles. The SMILES string of the molecule is O=C(O)CNC(=O)c1ccc(CCC(CC(=O)c2ccc(-c3ccc(Cl)cc3)cc2)C(=O)O)cc1. The highest BCUT2D eigenvalue weighted by Gasteiger charge is 2.22. The highest BCUT2D eigenvalue weighted by atomic mass is 35.5. The maximum Gasteiger partial charge on any atom is 0.322 e. The third kappa shape index (κ3) is 7.52. The Balaban J connectivity index is 1.57. The summed E-state index contributed by atoms with van der Waals surface area (Å²) in [5, 5.41) is 21.2. The first-order valence-corrected chi connectivity index (χ1v) is 11.3. The minimum Gasteiger partial charge on any atom is -0.481 e. The van der Waals surface area contributed by atoms with Gasteiger partial charge in [-0.15, -0.1) is 0 Å². The smallest absolute Gasteiger partial charge is 0.322 e. The molecule has 7 nitrogen and oxygen atoms in total. The zero-order chi connectivity index (χ0) is 25.4. The molecule has 3 aromatic carbocycles. The Bertz CT molecular complexity index is 1200. The predicted octanol–water partition coefficient (Wildman–Crippen LogP) is 4.73. The topological polar surface area (TPSA) is 121 Å². The first kappa shape index (κ1) is 25.6. The van der Waals surface area contributed by atoms with E-state index in [0.29, 0.717) is 22.6 Å². The number of amides is 1. The van der Waals surface area contributed by atoms with Crippen molar-refractivity contribution in [2.24, 2.45) is 5.92 Å². The van der Waals surface area contributed by atoms with E-state index in [-0.39, 0.29) is 18.6 Å². The number of carbonyl (C=O) groups is 4. The van der Waals surface area contributed by atoms with Crippen LogP contribution in [0.25, 0.3) is 11.1 Å². The lowest BCUT2D eigenvalue weighted by Crippen LogP contribution is -2.29. The van der Waals surface area contributed by atoms with Gasteiger partial charge in [0.15, 0.2) is 5.78 Å². The van der Waals surface area contributed by atoms with Crippen LogP contribution in [0.1, 0.15) is 39.1 Å². The lowest BCUT2D eigenvalue weighted by atomic mass is 9.92. The fourth-order valence-corrected chi connectivity index (χ4v) is 3.69. The molecule has 3 aromatic rings. The summed E-state index contributed by atoms with van der Waals surface area (Å²) in [5.74, 6) is -3.78. The second-order valence-corrected chi connectivity index (χ2v) is 8.50. The number of benzene rings is 3. The Labute approximate surface area is 207 Å². The van der Waals surface area contributed by atoms with Crippen LogP contribution >= 0.6 is 11.6 Å². The molecule has 35 heavy (non-hydrogen) atoms. The van der Waals surface area contributed by atoms with Gasteiger partial charge in [-0.1, -0.05) is 60.1 Å². The molecular formula is C27H24ClNO6. The zero-order valence-electron chi connectivity index (χ0n) is 18.7. The number of ketones is 1. The monoisotopic (exact) mass is 493 g/mol. The van der Waals surface area contributed by atoms with Gasteiger partial charge in [0.25, 0.3) is 5.91 Å². The van der Waals surface area contributed by atoms with Gasteiger partial charge in [-0.25, -0.2) is 0 Å². The second-order valence-electron chi connectivity index (χ2n) is 8.06. The summed E-state index contributed by atoms with van der Waals surface area (Å²) in [6.07, 6.45) is 0.552. The van der Waals surface area contributed by atoms with Crippen molar-refractivity contribution in [3.8, 4) is 11.1 Å². The number of rotatable bonds is 11. The van der Waals surface area contributed by atoms with E-state index in [0.717, 1.165) is 16.7 Å². The van der Waals surface area contributed by atoms with E-state index >= 15 is 0 Å². The third-order valence-electron chi connectivity index (χ3n) is 5.56. The van der Waals surface area contributed by atoms with Crippen molar-refractivity contribution in [1.29, 1.82) is 0 Å². The molecule has 0 fully saturated rings. The minimum absolute atomic E-state index is 0.120. The third-order valence-corrected chi connectivity index (χ3v) is 5.82. The summed E-state index contributed by atoms with van der Waals surface area (Å²) in [4.78, 5) is 46.9. The molecule has 1 amide bonds. The number of carboxylic acids is 2. The van der Waals surface area contributed by atoms with Crippen LogP contribution in [0.2, 0.25) is 5.02 Å². The average Bonchev–Trinajstić information content (AvgIpc) is 2.85. The van der Waals surface area contributed by atoms with E-state index in [1.54, 1.807) is 48.5 Å². The highest BCUT2D eigenvalue weighted by molar-refractivity contribution is 6.30. The van der Waals surface area contributed by atoms with Crippen molar-refractivity contribution in [3.63, 3.8) is 0 Å². The molecule has 0 saturated carbocycles. The van der Waals surface area contributed by atoms with Gasteiger partial charge in [-0.05, 0) is 53.8 Å². The van der Waals surface area contributed by atoms with Crippen molar-refractivity contribution < 1.29 is 29.4 Å². The van der Waals surface area contributed by atoms with E-state index < -0.39 is 30.3 Å². The van der Waals surface area contributed by atoms with Crippen molar-refractivity contribution in [3.05, 3.63) is 94.5 Å². The lowest BCUT2D eigenvalue weighted by Gasteiger charge is -2.12. The number of aliphatic carboxylic acids is 2. The summed E-state index contributed by atoms with van der Waals surface area (Å²) < 4.78 is 0. The summed E-state index contributed by atoms with van der Waals surface area (Å²) in [6, 6.07) is 20.8. The number of halogens is 1. The van der Waals surface area contributed by atoms with Crippen LogP contribution in [0.3, 0.4) is 0 Å². The molecule has 0 heterocycles. The van der Waals surface area contributed by atoms with Gasteiger partial charge >= 0.3 is 11.9 Å². The first-order valence-electron chi connectivity index (χ1n) is 10.9. The molecule has 3 rings (SSSR count). The highest BCUT2D eigenvalue weighted by Crippen LogP contribution is 2.23. The number of hydrogen-bond acceptors (Lipinski definition) is 4. The Morgan fingerprint density at radius 3 is 1.86 bits per heavy atom. The van der Waals surface area contributed by atoms with Gasteiger partial charge in [0.1, 0.15) is 6.54 Å². The first-order chi connectivity index (χ1) is 16.7. The molecule has 180 valence electrons. The second kappa shape index (κ2) is 11.9. The number of Topliss-reactive ketones (excluding diaryl/α,β-unsaturated/α-hetero) is 1. The summed E-state index contributed by atoms with van der Waals surface area (Å²) in [5.41, 5.74) is 3.45. The molecule has 8 heteroatoms. The van der Waals surface area contributed by atoms with Crippen molar-refractivity contribution in [1.82, 2.24) is 5.32 Å². The van der Waals surface area contributed by atoms with Crippen LogP contribution in [0.15, 0.2) is 72.8 Å².